The van der Waals surface area contributed by atoms with Crippen LogP contribution in [0.1, 0.15) is 53.2 Å². The van der Waals surface area contributed by atoms with Gasteiger partial charge in [-0.1, -0.05) is 38.1 Å². The Kier molecular flexibility index (Phi) is 6.01. The summed E-state index contributed by atoms with van der Waals surface area (Å²) in [5.74, 6) is 0.515. The standard InChI is InChI=1S/C23H30N4OS/c1-16(2)14-27-23-20(17(3)25-27)12-21(29-23)22(28)24-13-18-8-4-5-9-19(18)15-26-10-6-7-11-26/h4-5,8-9,12,16H,6-7,10-11,13-15H2,1-3H3,(H,24,28). The lowest BCUT2D eigenvalue weighted by Crippen LogP contribution is -2.24. The number of carbonyl (C=O) groups excluding carboxylic acids is 1. The highest BCUT2D eigenvalue weighted by Gasteiger charge is 2.18. The number of fused-ring (bicyclic) bond motifs is 1. The lowest BCUT2D eigenvalue weighted by Gasteiger charge is -2.17. The summed E-state index contributed by atoms with van der Waals surface area (Å²) in [4.78, 5) is 17.2. The van der Waals surface area contributed by atoms with E-state index in [0.717, 1.165) is 33.9 Å². The smallest absolute Gasteiger partial charge is 0.261 e. The summed E-state index contributed by atoms with van der Waals surface area (Å²) in [6, 6.07) is 10.4. The van der Waals surface area contributed by atoms with Crippen molar-refractivity contribution in [3.8, 4) is 0 Å². The van der Waals surface area contributed by atoms with E-state index in [1.165, 1.54) is 37.1 Å². The van der Waals surface area contributed by atoms with Crippen molar-refractivity contribution < 1.29 is 4.79 Å². The van der Waals surface area contributed by atoms with Crippen molar-refractivity contribution >= 4 is 27.5 Å². The van der Waals surface area contributed by atoms with E-state index in [0.29, 0.717) is 12.5 Å². The summed E-state index contributed by atoms with van der Waals surface area (Å²) in [6.45, 7) is 11.1. The highest BCUT2D eigenvalue weighted by Crippen LogP contribution is 2.29. The number of carbonyl (C=O) groups is 1. The molecule has 0 radical (unpaired) electrons. The number of aromatic nitrogens is 2. The van der Waals surface area contributed by atoms with Crippen molar-refractivity contribution in [2.75, 3.05) is 13.1 Å². The molecule has 0 unspecified atom stereocenters. The molecule has 0 aliphatic carbocycles. The average Bonchev–Trinajstić information content (AvgIpc) is 3.40. The van der Waals surface area contributed by atoms with Gasteiger partial charge in [0.2, 0.25) is 0 Å². The van der Waals surface area contributed by atoms with Crippen LogP contribution in [0.25, 0.3) is 10.2 Å². The monoisotopic (exact) mass is 410 g/mol. The number of benzene rings is 1. The van der Waals surface area contributed by atoms with Gasteiger partial charge in [0, 0.05) is 25.0 Å². The van der Waals surface area contributed by atoms with Gasteiger partial charge >= 0.3 is 0 Å². The van der Waals surface area contributed by atoms with Crippen LogP contribution in [0.5, 0.6) is 0 Å². The molecule has 1 aromatic carbocycles. The van der Waals surface area contributed by atoms with E-state index in [-0.39, 0.29) is 5.91 Å². The second-order valence-electron chi connectivity index (χ2n) is 8.43. The van der Waals surface area contributed by atoms with Gasteiger partial charge in [-0.2, -0.15) is 5.10 Å². The first-order valence-electron chi connectivity index (χ1n) is 10.6. The molecule has 4 rings (SSSR count). The van der Waals surface area contributed by atoms with Crippen molar-refractivity contribution in [3.05, 3.63) is 52.0 Å². The summed E-state index contributed by atoms with van der Waals surface area (Å²) < 4.78 is 2.04. The zero-order valence-electron chi connectivity index (χ0n) is 17.6. The molecule has 1 saturated heterocycles. The second kappa shape index (κ2) is 8.67. The minimum Gasteiger partial charge on any atom is -0.347 e. The summed E-state index contributed by atoms with van der Waals surface area (Å²) in [7, 11) is 0. The Morgan fingerprint density at radius 3 is 2.66 bits per heavy atom. The van der Waals surface area contributed by atoms with Crippen LogP contribution >= 0.6 is 11.3 Å². The van der Waals surface area contributed by atoms with Crippen molar-refractivity contribution in [3.63, 3.8) is 0 Å². The molecular formula is C23H30N4OS. The number of hydrogen-bond acceptors (Lipinski definition) is 4. The van der Waals surface area contributed by atoms with Crippen LogP contribution in [0.3, 0.4) is 0 Å². The maximum atomic E-state index is 12.8. The maximum Gasteiger partial charge on any atom is 0.261 e. The topological polar surface area (TPSA) is 50.2 Å². The summed E-state index contributed by atoms with van der Waals surface area (Å²) in [5.41, 5.74) is 3.51. The highest BCUT2D eigenvalue weighted by molar-refractivity contribution is 7.20. The van der Waals surface area contributed by atoms with Crippen molar-refractivity contribution in [2.24, 2.45) is 5.92 Å². The van der Waals surface area contributed by atoms with Crippen LogP contribution in [-0.4, -0.2) is 33.7 Å². The Bertz CT molecular complexity index is 998. The lowest BCUT2D eigenvalue weighted by molar-refractivity contribution is 0.0955. The first-order chi connectivity index (χ1) is 14.0. The SMILES string of the molecule is Cc1nn(CC(C)C)c2sc(C(=O)NCc3ccccc3CN3CCCC3)cc12. The number of aryl methyl sites for hydroxylation is 1. The predicted molar refractivity (Wildman–Crippen MR) is 119 cm³/mol. The average molecular weight is 411 g/mol. The molecule has 2 aromatic heterocycles. The van der Waals surface area contributed by atoms with E-state index in [9.17, 15) is 4.79 Å². The highest BCUT2D eigenvalue weighted by atomic mass is 32.1. The predicted octanol–water partition coefficient (Wildman–Crippen LogP) is 4.59. The minimum absolute atomic E-state index is 0.00216. The first-order valence-corrected chi connectivity index (χ1v) is 11.4. The Labute approximate surface area is 176 Å². The van der Waals surface area contributed by atoms with Crippen LogP contribution < -0.4 is 5.32 Å². The second-order valence-corrected chi connectivity index (χ2v) is 9.46. The molecule has 1 aliphatic heterocycles. The first kappa shape index (κ1) is 20.1. The van der Waals surface area contributed by atoms with Gasteiger partial charge in [-0.3, -0.25) is 14.4 Å². The fourth-order valence-corrected chi connectivity index (χ4v) is 5.11. The molecule has 0 bridgehead atoms. The number of likely N-dealkylation sites (tertiary alicyclic amines) is 1. The van der Waals surface area contributed by atoms with Crippen LogP contribution in [0, 0.1) is 12.8 Å². The van der Waals surface area contributed by atoms with Gasteiger partial charge in [0.1, 0.15) is 4.83 Å². The number of thiophene rings is 1. The molecule has 1 amide bonds. The molecule has 1 aliphatic rings. The molecule has 154 valence electrons. The minimum atomic E-state index is -0.00216. The van der Waals surface area contributed by atoms with Crippen LogP contribution in [-0.2, 0) is 19.6 Å². The zero-order valence-corrected chi connectivity index (χ0v) is 18.4. The van der Waals surface area contributed by atoms with Gasteiger partial charge in [0.25, 0.3) is 5.91 Å². The largest absolute Gasteiger partial charge is 0.347 e. The van der Waals surface area contributed by atoms with E-state index >= 15 is 0 Å². The molecule has 6 heteroatoms. The summed E-state index contributed by atoms with van der Waals surface area (Å²) in [6.07, 6.45) is 2.58. The normalized spacial score (nSPS) is 14.9. The maximum absolute atomic E-state index is 12.8. The van der Waals surface area contributed by atoms with Crippen molar-refractivity contribution in [2.45, 2.75) is 53.2 Å². The van der Waals surface area contributed by atoms with E-state index in [2.05, 4.69) is 53.4 Å². The van der Waals surface area contributed by atoms with Gasteiger partial charge in [-0.05, 0) is 56.0 Å². The molecule has 1 N–H and O–H groups in total. The summed E-state index contributed by atoms with van der Waals surface area (Å²) in [5, 5.41) is 8.86. The summed E-state index contributed by atoms with van der Waals surface area (Å²) >= 11 is 1.54. The molecule has 0 spiro atoms. The quantitative estimate of drug-likeness (QED) is 0.620. The number of nitrogens with zero attached hydrogens (tertiary/aromatic N) is 3. The molecule has 5 nitrogen and oxygen atoms in total. The van der Waals surface area contributed by atoms with Crippen molar-refractivity contribution in [1.29, 1.82) is 0 Å². The number of rotatable bonds is 7. The molecule has 3 aromatic rings. The van der Waals surface area contributed by atoms with E-state index in [1.807, 2.05) is 17.7 Å². The van der Waals surface area contributed by atoms with Crippen LogP contribution in [0.15, 0.2) is 30.3 Å². The molecule has 1 fully saturated rings. The fraction of sp³-hybridized carbons (Fsp3) is 0.478. The van der Waals surface area contributed by atoms with Gasteiger partial charge in [0.05, 0.1) is 10.6 Å². The third-order valence-electron chi connectivity index (χ3n) is 5.52. The van der Waals surface area contributed by atoms with Crippen LogP contribution in [0.2, 0.25) is 0 Å². The van der Waals surface area contributed by atoms with Gasteiger partial charge in [0.15, 0.2) is 0 Å². The Morgan fingerprint density at radius 2 is 1.93 bits per heavy atom. The van der Waals surface area contributed by atoms with Gasteiger partial charge < -0.3 is 5.32 Å². The fourth-order valence-electron chi connectivity index (χ4n) is 4.02. The molecule has 29 heavy (non-hydrogen) atoms. The van der Waals surface area contributed by atoms with E-state index in [4.69, 9.17) is 0 Å². The third-order valence-corrected chi connectivity index (χ3v) is 6.67. The lowest BCUT2D eigenvalue weighted by atomic mass is 10.1. The number of amides is 1. The Hall–Kier alpha value is -2.18. The zero-order chi connectivity index (χ0) is 20.4. The molecule has 0 saturated carbocycles. The van der Waals surface area contributed by atoms with E-state index in [1.54, 1.807) is 11.3 Å². The third kappa shape index (κ3) is 4.54. The van der Waals surface area contributed by atoms with Crippen LogP contribution in [0.4, 0.5) is 0 Å². The molecule has 0 atom stereocenters. The number of hydrogen-bond donors (Lipinski definition) is 1. The molecule has 3 heterocycles. The Morgan fingerprint density at radius 1 is 1.21 bits per heavy atom. The number of nitrogens with one attached hydrogen (secondary N) is 1. The Balaban J connectivity index is 1.46. The van der Waals surface area contributed by atoms with Crippen molar-refractivity contribution in [1.82, 2.24) is 20.0 Å². The molecular weight excluding hydrogens is 380 g/mol. The van der Waals surface area contributed by atoms with E-state index < -0.39 is 0 Å². The van der Waals surface area contributed by atoms with Gasteiger partial charge in [-0.15, -0.1) is 11.3 Å². The van der Waals surface area contributed by atoms with Gasteiger partial charge in [-0.25, -0.2) is 0 Å².